The van der Waals surface area contributed by atoms with E-state index in [-0.39, 0.29) is 53.9 Å². The molecule has 0 radical (unpaired) electrons. The molecule has 2 fully saturated rings. The predicted molar refractivity (Wildman–Crippen MR) is 150 cm³/mol. The van der Waals surface area contributed by atoms with E-state index in [1.165, 1.54) is 18.2 Å². The van der Waals surface area contributed by atoms with Crippen LogP contribution in [0.3, 0.4) is 0 Å². The number of carbonyl (C=O) groups excluding carboxylic acids is 2. The molecule has 2 amide bonds. The predicted octanol–water partition coefficient (Wildman–Crippen LogP) is 5.32. The van der Waals surface area contributed by atoms with Gasteiger partial charge in [0.05, 0.1) is 17.5 Å². The number of sulfone groups is 1. The summed E-state index contributed by atoms with van der Waals surface area (Å²) in [5.74, 6) is -1.68. The van der Waals surface area contributed by atoms with Crippen LogP contribution in [-0.2, 0) is 24.8 Å². The maximum Gasteiger partial charge on any atom is 0.238 e. The molecule has 6 rings (SSSR count). The van der Waals surface area contributed by atoms with Crippen molar-refractivity contribution in [1.29, 1.82) is 0 Å². The minimum Gasteiger partial charge on any atom is -0.490 e. The lowest BCUT2D eigenvalue weighted by Gasteiger charge is -2.46. The minimum atomic E-state index is -3.13. The van der Waals surface area contributed by atoms with Gasteiger partial charge in [-0.15, -0.1) is 0 Å². The van der Waals surface area contributed by atoms with E-state index >= 15 is 0 Å². The average Bonchev–Trinajstić information content (AvgIpc) is 3.18. The smallest absolute Gasteiger partial charge is 0.238 e. The number of halogens is 3. The number of amides is 2. The van der Waals surface area contributed by atoms with Crippen molar-refractivity contribution in [3.8, 4) is 5.75 Å². The summed E-state index contributed by atoms with van der Waals surface area (Å²) in [6, 6.07) is 15.0. The maximum absolute atomic E-state index is 14.9. The normalized spacial score (nSPS) is 25.8. The fourth-order valence-electron chi connectivity index (χ4n) is 6.29. The number of benzene rings is 3. The van der Waals surface area contributed by atoms with Crippen molar-refractivity contribution in [3.63, 3.8) is 0 Å². The van der Waals surface area contributed by atoms with Crippen molar-refractivity contribution >= 4 is 50.5 Å². The molecule has 0 bridgehead atoms. The zero-order valence-corrected chi connectivity index (χ0v) is 23.5. The highest BCUT2D eigenvalue weighted by Gasteiger charge is 2.61. The van der Waals surface area contributed by atoms with Crippen molar-refractivity contribution in [3.05, 3.63) is 93.2 Å². The SMILES string of the molecule is O=C1CC(c2cccc(Cl)c2)C2(C(=O)Nc3cc(Cl)ccc32)C(c2cc(F)ccc2OC2CCS(=O)(=O)CC2)N1. The Bertz CT molecular complexity index is 1640. The number of carbonyl (C=O) groups is 2. The number of hydrogen-bond donors (Lipinski definition) is 2. The third-order valence-electron chi connectivity index (χ3n) is 8.08. The molecule has 40 heavy (non-hydrogen) atoms. The van der Waals surface area contributed by atoms with Crippen molar-refractivity contribution in [2.24, 2.45) is 0 Å². The van der Waals surface area contributed by atoms with Crippen molar-refractivity contribution < 1.29 is 27.1 Å². The van der Waals surface area contributed by atoms with Crippen LogP contribution in [0.15, 0.2) is 60.7 Å². The molecule has 3 aromatic carbocycles. The van der Waals surface area contributed by atoms with Crippen LogP contribution in [0.4, 0.5) is 10.1 Å². The highest BCUT2D eigenvalue weighted by atomic mass is 35.5. The summed E-state index contributed by atoms with van der Waals surface area (Å²) in [6.07, 6.45) is 0.135. The van der Waals surface area contributed by atoms with Crippen LogP contribution in [0, 0.1) is 5.82 Å². The third kappa shape index (κ3) is 4.63. The Morgan fingerprint density at radius 1 is 0.950 bits per heavy atom. The molecule has 11 heteroatoms. The molecule has 0 aliphatic carbocycles. The Morgan fingerprint density at radius 2 is 1.70 bits per heavy atom. The summed E-state index contributed by atoms with van der Waals surface area (Å²) < 4.78 is 45.1. The van der Waals surface area contributed by atoms with Gasteiger partial charge in [-0.1, -0.05) is 41.4 Å². The summed E-state index contributed by atoms with van der Waals surface area (Å²) >= 11 is 12.6. The third-order valence-corrected chi connectivity index (χ3v) is 10.3. The van der Waals surface area contributed by atoms with E-state index in [2.05, 4.69) is 10.6 Å². The van der Waals surface area contributed by atoms with Gasteiger partial charge in [-0.25, -0.2) is 12.8 Å². The zero-order chi connectivity index (χ0) is 28.2. The standard InChI is InChI=1S/C29H25Cl2FN2O5S/c30-17-3-1-2-16(12-17)23-15-26(35)34-27(29(23)22-6-4-18(31)13-24(22)33-28(29)36)21-14-19(32)5-7-25(21)39-20-8-10-40(37,38)11-9-20/h1-7,12-14,20,23,27H,8-11,15H2,(H,33,36)(H,34,35). The number of piperidine rings is 1. The summed E-state index contributed by atoms with van der Waals surface area (Å²) in [5, 5.41) is 6.79. The minimum absolute atomic E-state index is 0.00826. The zero-order valence-electron chi connectivity index (χ0n) is 21.1. The van der Waals surface area contributed by atoms with Gasteiger partial charge in [0.2, 0.25) is 11.8 Å². The number of nitrogens with one attached hydrogen (secondary N) is 2. The second-order valence-electron chi connectivity index (χ2n) is 10.5. The molecule has 7 nitrogen and oxygen atoms in total. The first-order chi connectivity index (χ1) is 19.1. The van der Waals surface area contributed by atoms with Crippen molar-refractivity contribution in [1.82, 2.24) is 5.32 Å². The van der Waals surface area contributed by atoms with E-state index in [4.69, 9.17) is 27.9 Å². The first kappa shape index (κ1) is 27.1. The summed E-state index contributed by atoms with van der Waals surface area (Å²) in [5.41, 5.74) is 0.673. The van der Waals surface area contributed by atoms with Crippen molar-refractivity contribution in [2.45, 2.75) is 42.7 Å². The number of hydrogen-bond acceptors (Lipinski definition) is 5. The Labute approximate surface area is 240 Å². The van der Waals surface area contributed by atoms with E-state index < -0.39 is 39.1 Å². The van der Waals surface area contributed by atoms with E-state index in [0.29, 0.717) is 26.9 Å². The second-order valence-corrected chi connectivity index (χ2v) is 13.7. The summed E-state index contributed by atoms with van der Waals surface area (Å²) in [6.45, 7) is 0. The summed E-state index contributed by atoms with van der Waals surface area (Å²) in [4.78, 5) is 27.5. The Morgan fingerprint density at radius 3 is 2.45 bits per heavy atom. The molecule has 3 aliphatic rings. The van der Waals surface area contributed by atoms with Crippen LogP contribution in [-0.4, -0.2) is 37.8 Å². The van der Waals surface area contributed by atoms with Gasteiger partial charge < -0.3 is 15.4 Å². The number of anilines is 1. The molecule has 3 aliphatic heterocycles. The monoisotopic (exact) mass is 602 g/mol. The summed E-state index contributed by atoms with van der Waals surface area (Å²) in [7, 11) is -3.13. The molecule has 3 unspecified atom stereocenters. The fraction of sp³-hybridized carbons (Fsp3) is 0.310. The van der Waals surface area contributed by atoms with Gasteiger partial charge >= 0.3 is 0 Å². The van der Waals surface area contributed by atoms with Gasteiger partial charge in [0, 0.05) is 33.6 Å². The second kappa shape index (κ2) is 10.0. The van der Waals surface area contributed by atoms with Crippen LogP contribution in [0.5, 0.6) is 5.75 Å². The largest absolute Gasteiger partial charge is 0.490 e. The van der Waals surface area contributed by atoms with Gasteiger partial charge in [-0.05, 0) is 66.4 Å². The van der Waals surface area contributed by atoms with E-state index in [1.54, 1.807) is 36.4 Å². The van der Waals surface area contributed by atoms with Gasteiger partial charge in [-0.2, -0.15) is 0 Å². The van der Waals surface area contributed by atoms with Gasteiger partial charge in [0.1, 0.15) is 23.1 Å². The number of fused-ring (bicyclic) bond motifs is 2. The molecule has 2 saturated heterocycles. The molecule has 3 atom stereocenters. The molecule has 208 valence electrons. The van der Waals surface area contributed by atoms with E-state index in [1.807, 2.05) is 6.07 Å². The van der Waals surface area contributed by atoms with E-state index in [9.17, 15) is 22.4 Å². The molecular weight excluding hydrogens is 578 g/mol. The van der Waals surface area contributed by atoms with Crippen LogP contribution in [0.1, 0.15) is 47.9 Å². The maximum atomic E-state index is 14.9. The van der Waals surface area contributed by atoms with Crippen LogP contribution in [0.25, 0.3) is 0 Å². The Kier molecular flexibility index (Phi) is 6.79. The van der Waals surface area contributed by atoms with Crippen LogP contribution >= 0.6 is 23.2 Å². The first-order valence-corrected chi connectivity index (χ1v) is 15.5. The lowest BCUT2D eigenvalue weighted by atomic mass is 9.59. The molecule has 0 saturated carbocycles. The van der Waals surface area contributed by atoms with E-state index in [0.717, 1.165) is 0 Å². The lowest BCUT2D eigenvalue weighted by molar-refractivity contribution is -0.131. The molecule has 1 spiro atoms. The average molecular weight is 603 g/mol. The van der Waals surface area contributed by atoms with Gasteiger partial charge in [0.25, 0.3) is 0 Å². The quantitative estimate of drug-likeness (QED) is 0.420. The Balaban J connectivity index is 1.54. The first-order valence-electron chi connectivity index (χ1n) is 12.9. The van der Waals surface area contributed by atoms with Crippen LogP contribution < -0.4 is 15.4 Å². The number of rotatable bonds is 4. The van der Waals surface area contributed by atoms with Gasteiger partial charge in [0.15, 0.2) is 9.84 Å². The van der Waals surface area contributed by atoms with Gasteiger partial charge in [-0.3, -0.25) is 9.59 Å². The molecule has 0 aromatic heterocycles. The lowest BCUT2D eigenvalue weighted by Crippen LogP contribution is -2.57. The number of ether oxygens (including phenoxy) is 1. The fourth-order valence-corrected chi connectivity index (χ4v) is 8.11. The van der Waals surface area contributed by atoms with Crippen molar-refractivity contribution in [2.75, 3.05) is 16.8 Å². The highest BCUT2D eigenvalue weighted by molar-refractivity contribution is 7.91. The highest BCUT2D eigenvalue weighted by Crippen LogP contribution is 2.58. The molecular formula is C29H25Cl2FN2O5S. The molecule has 3 heterocycles. The van der Waals surface area contributed by atoms with Crippen LogP contribution in [0.2, 0.25) is 10.0 Å². The Hall–Kier alpha value is -3.14. The molecule has 3 aromatic rings. The topological polar surface area (TPSA) is 102 Å². The molecule has 2 N–H and O–H groups in total.